The van der Waals surface area contributed by atoms with Crippen molar-refractivity contribution >= 4 is 27.8 Å². The van der Waals surface area contributed by atoms with Crippen LogP contribution >= 0.6 is 0 Å². The average Bonchev–Trinajstić information content (AvgIpc) is 3.46. The average molecular weight is 740 g/mol. The third-order valence-corrected chi connectivity index (χ3v) is 14.8. The number of nitrogens with zero attached hydrogens (tertiary/aromatic N) is 1. The molecule has 1 heteroatoms. The van der Waals surface area contributed by atoms with Crippen LogP contribution in [-0.4, -0.2) is 0 Å². The van der Waals surface area contributed by atoms with Gasteiger partial charge in [-0.2, -0.15) is 0 Å². The molecule has 0 spiro atoms. The van der Waals surface area contributed by atoms with Crippen LogP contribution in [0, 0.1) is 17.8 Å². The minimum atomic E-state index is -0.160. The summed E-state index contributed by atoms with van der Waals surface area (Å²) in [6, 6.07) is 58.1. The van der Waals surface area contributed by atoms with Gasteiger partial charge in [0.2, 0.25) is 0 Å². The van der Waals surface area contributed by atoms with E-state index in [1.165, 1.54) is 116 Å². The third kappa shape index (κ3) is 5.49. The van der Waals surface area contributed by atoms with Gasteiger partial charge in [-0.15, -0.1) is 0 Å². The van der Waals surface area contributed by atoms with Crippen molar-refractivity contribution in [2.45, 2.75) is 83.0 Å². The molecule has 4 bridgehead atoms. The van der Waals surface area contributed by atoms with E-state index in [0.29, 0.717) is 5.92 Å². The zero-order valence-corrected chi connectivity index (χ0v) is 33.9. The third-order valence-electron chi connectivity index (χ3n) is 14.8. The van der Waals surface area contributed by atoms with Crippen molar-refractivity contribution in [3.8, 4) is 33.4 Å². The Morgan fingerprint density at radius 3 is 1.84 bits per heavy atom. The number of hydrogen-bond acceptors (Lipinski definition) is 1. The second-order valence-electron chi connectivity index (χ2n) is 19.0. The highest BCUT2D eigenvalue weighted by Gasteiger charge is 2.52. The van der Waals surface area contributed by atoms with E-state index in [9.17, 15) is 0 Å². The Kier molecular flexibility index (Phi) is 7.98. The predicted octanol–water partition coefficient (Wildman–Crippen LogP) is 15.5. The van der Waals surface area contributed by atoms with E-state index < -0.39 is 0 Å². The number of para-hydroxylation sites is 1. The first kappa shape index (κ1) is 34.8. The molecule has 1 nitrogen and oxygen atoms in total. The lowest BCUT2D eigenvalue weighted by molar-refractivity contribution is -0.00491. The van der Waals surface area contributed by atoms with Gasteiger partial charge in [0, 0.05) is 22.4 Å². The normalized spacial score (nSPS) is 22.5. The molecular formula is C56H53N. The Balaban J connectivity index is 1.18. The number of hydrogen-bond donors (Lipinski definition) is 0. The van der Waals surface area contributed by atoms with Gasteiger partial charge in [-0.25, -0.2) is 0 Å². The second kappa shape index (κ2) is 13.1. The molecular weight excluding hydrogens is 687 g/mol. The lowest BCUT2D eigenvalue weighted by atomic mass is 9.48. The molecule has 0 radical (unpaired) electrons. The largest absolute Gasteiger partial charge is 0.310 e. The van der Waals surface area contributed by atoms with E-state index in [-0.39, 0.29) is 10.8 Å². The molecule has 12 rings (SSSR count). The van der Waals surface area contributed by atoms with Crippen LogP contribution in [0.3, 0.4) is 0 Å². The van der Waals surface area contributed by atoms with Crippen molar-refractivity contribution in [3.05, 3.63) is 174 Å². The lowest BCUT2D eigenvalue weighted by Crippen LogP contribution is -2.48. The lowest BCUT2D eigenvalue weighted by Gasteiger charge is -2.57. The standard InChI is InChI=1S/C56H53N/c1-36(2)44-19-10-11-20-46(44)48-30-41-17-8-9-18-42(41)31-53(48)57(52-24-13-12-22-49(52)56-33-37-27-38(34-56)29-39(28-37)35-56)43-25-26-47-51(32-43)55(3,4)50-23-14-21-45(54(47)50)40-15-6-5-7-16-40/h5-26,30-32,36-39H,27-29,33-35H2,1-4H3. The maximum Gasteiger partial charge on any atom is 0.0546 e. The summed E-state index contributed by atoms with van der Waals surface area (Å²) in [6.45, 7) is 9.54. The van der Waals surface area contributed by atoms with Crippen molar-refractivity contribution < 1.29 is 0 Å². The Labute approximate surface area is 339 Å². The molecule has 57 heavy (non-hydrogen) atoms. The molecule has 0 aliphatic heterocycles. The van der Waals surface area contributed by atoms with Crippen LogP contribution in [-0.2, 0) is 10.8 Å². The van der Waals surface area contributed by atoms with Crippen LogP contribution in [0.15, 0.2) is 152 Å². The maximum absolute atomic E-state index is 2.70. The maximum atomic E-state index is 2.70. The van der Waals surface area contributed by atoms with Gasteiger partial charge in [-0.1, -0.05) is 149 Å². The van der Waals surface area contributed by atoms with Gasteiger partial charge in [-0.05, 0) is 159 Å². The van der Waals surface area contributed by atoms with Gasteiger partial charge >= 0.3 is 0 Å². The molecule has 0 amide bonds. The van der Waals surface area contributed by atoms with E-state index in [4.69, 9.17) is 0 Å². The van der Waals surface area contributed by atoms with Crippen LogP contribution < -0.4 is 4.90 Å². The van der Waals surface area contributed by atoms with Crippen molar-refractivity contribution in [1.29, 1.82) is 0 Å². The molecule has 0 N–H and O–H groups in total. The number of rotatable bonds is 7. The minimum Gasteiger partial charge on any atom is -0.310 e. The zero-order chi connectivity index (χ0) is 38.5. The van der Waals surface area contributed by atoms with Crippen molar-refractivity contribution in [2.24, 2.45) is 17.8 Å². The van der Waals surface area contributed by atoms with E-state index in [0.717, 1.165) is 17.8 Å². The van der Waals surface area contributed by atoms with Crippen LogP contribution in [0.2, 0.25) is 0 Å². The monoisotopic (exact) mass is 739 g/mol. The van der Waals surface area contributed by atoms with Gasteiger partial charge < -0.3 is 4.90 Å². The van der Waals surface area contributed by atoms with E-state index in [2.05, 4.69) is 184 Å². The second-order valence-corrected chi connectivity index (χ2v) is 19.0. The first-order valence-electron chi connectivity index (χ1n) is 21.6. The van der Waals surface area contributed by atoms with Crippen LogP contribution in [0.1, 0.15) is 94.4 Å². The summed E-state index contributed by atoms with van der Waals surface area (Å²) in [4.78, 5) is 2.70. The molecule has 5 aliphatic rings. The Hall–Kier alpha value is -5.40. The predicted molar refractivity (Wildman–Crippen MR) is 241 cm³/mol. The minimum absolute atomic E-state index is 0.160. The molecule has 0 unspecified atom stereocenters. The molecule has 0 aromatic heterocycles. The smallest absolute Gasteiger partial charge is 0.0546 e. The van der Waals surface area contributed by atoms with Crippen molar-refractivity contribution in [3.63, 3.8) is 0 Å². The van der Waals surface area contributed by atoms with Crippen molar-refractivity contribution in [1.82, 2.24) is 0 Å². The fourth-order valence-corrected chi connectivity index (χ4v) is 12.6. The molecule has 282 valence electrons. The fraction of sp³-hybridized carbons (Fsp3) is 0.286. The Morgan fingerprint density at radius 1 is 0.491 bits per heavy atom. The Morgan fingerprint density at radius 2 is 1.11 bits per heavy atom. The fourth-order valence-electron chi connectivity index (χ4n) is 12.6. The van der Waals surface area contributed by atoms with E-state index in [1.54, 1.807) is 5.56 Å². The molecule has 7 aromatic carbocycles. The SMILES string of the molecule is CC(C)c1ccccc1-c1cc2ccccc2cc1N(c1ccc2c(c1)C(C)(C)c1cccc(-c3ccccc3)c1-2)c1ccccc1C12CC3CC(CC(C3)C1)C2. The first-order valence-corrected chi connectivity index (χ1v) is 21.6. The van der Waals surface area contributed by atoms with Crippen LogP contribution in [0.25, 0.3) is 44.2 Å². The highest BCUT2D eigenvalue weighted by Crippen LogP contribution is 2.63. The van der Waals surface area contributed by atoms with E-state index >= 15 is 0 Å². The summed E-state index contributed by atoms with van der Waals surface area (Å²) in [5.74, 6) is 2.99. The molecule has 5 aliphatic carbocycles. The molecule has 0 saturated heterocycles. The van der Waals surface area contributed by atoms with Gasteiger partial charge in [-0.3, -0.25) is 0 Å². The summed E-state index contributed by atoms with van der Waals surface area (Å²) < 4.78 is 0. The molecule has 0 atom stereocenters. The quantitative estimate of drug-likeness (QED) is 0.157. The summed E-state index contributed by atoms with van der Waals surface area (Å²) in [7, 11) is 0. The summed E-state index contributed by atoms with van der Waals surface area (Å²) in [5.41, 5.74) is 17.7. The van der Waals surface area contributed by atoms with Crippen LogP contribution in [0.5, 0.6) is 0 Å². The van der Waals surface area contributed by atoms with Crippen LogP contribution in [0.4, 0.5) is 17.1 Å². The topological polar surface area (TPSA) is 3.24 Å². The first-order chi connectivity index (χ1) is 27.8. The zero-order valence-electron chi connectivity index (χ0n) is 33.9. The summed E-state index contributed by atoms with van der Waals surface area (Å²) in [6.07, 6.45) is 8.32. The summed E-state index contributed by atoms with van der Waals surface area (Å²) >= 11 is 0. The molecule has 4 saturated carbocycles. The van der Waals surface area contributed by atoms with Gasteiger partial charge in [0.15, 0.2) is 0 Å². The highest BCUT2D eigenvalue weighted by atomic mass is 15.1. The van der Waals surface area contributed by atoms with Crippen molar-refractivity contribution in [2.75, 3.05) is 4.90 Å². The van der Waals surface area contributed by atoms with E-state index in [1.807, 2.05) is 0 Å². The summed E-state index contributed by atoms with van der Waals surface area (Å²) in [5, 5.41) is 2.56. The molecule has 7 aromatic rings. The van der Waals surface area contributed by atoms with Gasteiger partial charge in [0.05, 0.1) is 5.69 Å². The van der Waals surface area contributed by atoms with Gasteiger partial charge in [0.25, 0.3) is 0 Å². The Bertz CT molecular complexity index is 2640. The highest BCUT2D eigenvalue weighted by molar-refractivity contribution is 6.00. The number of fused-ring (bicyclic) bond motifs is 4. The molecule has 0 heterocycles. The molecule has 4 fully saturated rings. The van der Waals surface area contributed by atoms with Gasteiger partial charge in [0.1, 0.15) is 0 Å². The number of benzene rings is 7. The number of anilines is 3.